The van der Waals surface area contributed by atoms with Crippen LogP contribution in [0.2, 0.25) is 0 Å². The Balaban J connectivity index is -0.000000199. The number of phenolic OH excluding ortho intramolecular Hbond substituents is 1. The molecule has 0 aromatic heterocycles. The number of hydrogen-bond acceptors (Lipinski definition) is 23. The molecule has 0 atom stereocenters. The van der Waals surface area contributed by atoms with Crippen molar-refractivity contribution in [2.45, 2.75) is 101 Å². The molecule has 0 radical (unpaired) electrons. The van der Waals surface area contributed by atoms with E-state index in [1.807, 2.05) is 49.6 Å². The van der Waals surface area contributed by atoms with Crippen LogP contribution < -0.4 is 162 Å². The van der Waals surface area contributed by atoms with E-state index in [1.54, 1.807) is 69.0 Å². The van der Waals surface area contributed by atoms with Gasteiger partial charge in [0.1, 0.15) is 42.0 Å². The number of carbonyl (C=O) groups is 3. The number of benzene rings is 5. The molecule has 2 aliphatic rings. The van der Waals surface area contributed by atoms with Gasteiger partial charge in [-0.1, -0.05) is 136 Å². The van der Waals surface area contributed by atoms with Gasteiger partial charge in [0.25, 0.3) is 6.47 Å². The number of urea groups is 2. The smallest absolute Gasteiger partial charge is 1.00 e. The first-order valence-electron chi connectivity index (χ1n) is 31.4. The molecular formula is C70H111Br3K2N4NaO25S-. The topological polar surface area (TPSA) is 391 Å². The molecule has 2 heterocycles. The van der Waals surface area contributed by atoms with Gasteiger partial charge in [-0.05, 0) is 34.6 Å². The Bertz CT molecular complexity index is 3050. The van der Waals surface area contributed by atoms with Crippen molar-refractivity contribution in [3.05, 3.63) is 152 Å². The first-order chi connectivity index (χ1) is 48.7. The van der Waals surface area contributed by atoms with Gasteiger partial charge >= 0.3 is 155 Å². The Labute approximate surface area is 762 Å². The number of aliphatic hydroxyl groups is 3. The largest absolute Gasteiger partial charge is 1.00 e. The van der Waals surface area contributed by atoms with E-state index in [9.17, 15) is 19.8 Å². The maximum Gasteiger partial charge on any atom is 1.00 e. The van der Waals surface area contributed by atoms with Crippen LogP contribution in [0, 0.1) is 42.0 Å². The van der Waals surface area contributed by atoms with Crippen molar-refractivity contribution >= 4 is 76.7 Å². The maximum absolute atomic E-state index is 13.0. The van der Waals surface area contributed by atoms with E-state index in [0.717, 1.165) is 120 Å². The van der Waals surface area contributed by atoms with Crippen molar-refractivity contribution < 1.29 is 255 Å². The van der Waals surface area contributed by atoms with Crippen molar-refractivity contribution in [2.24, 2.45) is 0 Å². The predicted molar refractivity (Wildman–Crippen MR) is 403 cm³/mol. The fourth-order valence-electron chi connectivity index (χ4n) is 9.68. The molecule has 0 unspecified atom stereocenters. The van der Waals surface area contributed by atoms with Gasteiger partial charge in [0.2, 0.25) is 0 Å². The Kier molecular flexibility index (Phi) is 77.1. The molecule has 36 heteroatoms. The summed E-state index contributed by atoms with van der Waals surface area (Å²) in [4.78, 5) is 37.9. The molecule has 9 N–H and O–H groups in total. The summed E-state index contributed by atoms with van der Waals surface area (Å²) in [7, 11) is 9.59. The van der Waals surface area contributed by atoms with Crippen molar-refractivity contribution in [3.8, 4) is 28.7 Å². The van der Waals surface area contributed by atoms with Crippen LogP contribution >= 0.6 is 47.8 Å². The van der Waals surface area contributed by atoms with Crippen LogP contribution in [0.3, 0.4) is 0 Å². The number of nitrogens with one attached hydrogen (secondary N) is 2. The van der Waals surface area contributed by atoms with E-state index in [1.165, 1.54) is 5.56 Å². The molecule has 0 bridgehead atoms. The van der Waals surface area contributed by atoms with Crippen LogP contribution in [0.15, 0.2) is 60.7 Å². The summed E-state index contributed by atoms with van der Waals surface area (Å²) >= 11 is 9.76. The molecule has 0 saturated carbocycles. The number of methoxy groups -OCH3 is 8. The number of aliphatic hydroxyl groups excluding tert-OH is 3. The number of aromatic hydroxyl groups is 2. The van der Waals surface area contributed by atoms with Crippen LogP contribution in [0.4, 0.5) is 9.59 Å². The fraction of sp³-hybridized carbons (Fsp3) is 0.514. The number of ether oxygens (including phenoxy) is 11. The van der Waals surface area contributed by atoms with Gasteiger partial charge in [-0.15, -0.1) is 0 Å². The monoisotopic (exact) mass is 1780 g/mol. The maximum atomic E-state index is 13.0. The predicted octanol–water partition coefficient (Wildman–Crippen LogP) is -0.0223. The van der Waals surface area contributed by atoms with Crippen molar-refractivity contribution in [1.29, 1.82) is 0 Å². The van der Waals surface area contributed by atoms with Crippen LogP contribution in [0.1, 0.15) is 86.3 Å². The molecule has 2 saturated heterocycles. The molecule has 4 amide bonds. The van der Waals surface area contributed by atoms with Crippen LogP contribution in [0.5, 0.6) is 28.7 Å². The number of phenols is 2. The summed E-state index contributed by atoms with van der Waals surface area (Å²) in [6.45, 7) is 18.4. The second-order valence-electron chi connectivity index (χ2n) is 21.6. The Morgan fingerprint density at radius 2 is 0.689 bits per heavy atom. The summed E-state index contributed by atoms with van der Waals surface area (Å²) < 4.78 is 91.6. The molecule has 29 nitrogen and oxygen atoms in total. The van der Waals surface area contributed by atoms with Crippen molar-refractivity contribution in [3.63, 3.8) is 0 Å². The van der Waals surface area contributed by atoms with Gasteiger partial charge < -0.3 is 118 Å². The standard InChI is InChI=1S/C29H42N2O7.C13H19BrO3.C11H16O3.C9H12O3.C3H6N2O.C2H4Br2.CH2O3.CH4O.CH3.2K.Na.H2O4S.2H/c1-21-13-23(17-33-3)27(24(14-21)18-34-4)37-11-9-30-7-8-31(29(30)32)10-12-38-28-25(19-35-5)15-22(2)16-26(28)20-36-6;1-10-6-11(8-15-2)13(17-5-4-14)12(7-10)9-16-3;1-8-4-9(6-13-2)11(12)10(5-8)7-14-3;1-6-2-7(4-10)9(12)8(3-6)5-11;6-3-4-1-2-5-3;3-1-2-4;2-1-4-3;1-2;;;;;1-5(2,3)4;;/h13-16H,7-12,17-20H2,1-6H3;6-7H,4-5,8-9H2,1-3H3;4-5,12H,6-7H2,1-3H3;2-3,10-12H,4-5H2,1H3;1-2H2,(H2,4,5,6);1-2H2;1,3H;2H,1H3;1H3;;;;(H2,1,2,3,4);;/q;;;;;;;;-1;3*+1;;2*-1/p-1. The van der Waals surface area contributed by atoms with Gasteiger partial charge in [0, 0.05) is 162 Å². The van der Waals surface area contributed by atoms with Gasteiger partial charge in [-0.3, -0.25) is 13.9 Å². The molecule has 5 aromatic rings. The second kappa shape index (κ2) is 71.0. The SMILES string of the molecule is BrCCBr.CO.COCc1cc(C)cc(COC)c1O.COCc1cc(C)cc(COC)c1OCCBr.COCc1cc(C)cc(COC)c1OCCN1CCN(CCOc2c(COC)cc(C)cc2COC)C1=O.Cc1cc(CO)c(O)c(CO)c1.O=C1NCCN1.O=CO[O-].O=S(=O)(O)O.[CH3-].[H-].[H-].[K+].[K+].[Na+]. The molecule has 2 fully saturated rings. The van der Waals surface area contributed by atoms with Crippen LogP contribution in [-0.2, 0) is 124 Å². The molecule has 2 aliphatic heterocycles. The third-order valence-corrected chi connectivity index (χ3v) is 15.4. The number of alkyl halides is 3. The Morgan fingerprint density at radius 1 is 0.472 bits per heavy atom. The molecular weight excluding hydrogens is 1670 g/mol. The Morgan fingerprint density at radius 3 is 0.887 bits per heavy atom. The molecule has 7 rings (SSSR count). The number of amides is 4. The zero-order chi connectivity index (χ0) is 77.6. The average molecular weight is 1780 g/mol. The van der Waals surface area contributed by atoms with Crippen LogP contribution in [0.25, 0.3) is 0 Å². The molecule has 0 aliphatic carbocycles. The summed E-state index contributed by atoms with van der Waals surface area (Å²) in [6, 6.07) is 19.6. The number of carbonyl (C=O) groups excluding carboxylic acids is 3. The van der Waals surface area contributed by atoms with E-state index in [2.05, 4.69) is 107 Å². The third kappa shape index (κ3) is 50.3. The van der Waals surface area contributed by atoms with Gasteiger partial charge in [0.05, 0.1) is 85.8 Å². The van der Waals surface area contributed by atoms with Crippen LogP contribution in [-0.4, -0.2) is 210 Å². The number of rotatable bonds is 31. The van der Waals surface area contributed by atoms with Crippen molar-refractivity contribution in [1.82, 2.24) is 20.4 Å². The molecule has 0 spiro atoms. The fourth-order valence-corrected chi connectivity index (χ4v) is 9.84. The number of halogens is 3. The van der Waals surface area contributed by atoms with E-state index in [-0.39, 0.29) is 186 Å². The summed E-state index contributed by atoms with van der Waals surface area (Å²) in [5, 5.41) is 60.3. The van der Waals surface area contributed by atoms with E-state index >= 15 is 0 Å². The van der Waals surface area contributed by atoms with Gasteiger partial charge in [-0.2, -0.15) is 8.42 Å². The third-order valence-electron chi connectivity index (χ3n) is 13.3. The van der Waals surface area contributed by atoms with Crippen molar-refractivity contribution in [2.75, 3.05) is 139 Å². The average Bonchev–Trinajstić information content (AvgIpc) is 0.984. The zero-order valence-corrected chi connectivity index (χ0v) is 78.6. The van der Waals surface area contributed by atoms with Gasteiger partial charge in [-0.25, -0.2) is 9.59 Å². The number of aryl methyl sites for hydroxylation is 5. The molecule has 592 valence electrons. The first kappa shape index (κ1) is 115. The van der Waals surface area contributed by atoms with E-state index in [4.69, 9.17) is 95.0 Å². The number of hydrogen-bond donors (Lipinski definition) is 9. The first-order valence-corrected chi connectivity index (χ1v) is 36.1. The minimum atomic E-state index is -4.67. The molecule has 5 aromatic carbocycles. The number of nitrogens with zero attached hydrogens (tertiary/aromatic N) is 2. The second-order valence-corrected chi connectivity index (χ2v) is 24.8. The summed E-state index contributed by atoms with van der Waals surface area (Å²) in [5.74, 6) is 2.70. The zero-order valence-electron chi connectivity index (χ0n) is 66.8. The molecule has 106 heavy (non-hydrogen) atoms. The summed E-state index contributed by atoms with van der Waals surface area (Å²) in [5.41, 5.74) is 14.0. The summed E-state index contributed by atoms with van der Waals surface area (Å²) in [6.07, 6.45) is 0. The van der Waals surface area contributed by atoms with E-state index in [0.29, 0.717) is 110 Å². The van der Waals surface area contributed by atoms with E-state index < -0.39 is 10.4 Å². The minimum Gasteiger partial charge on any atom is -1.00 e. The van der Waals surface area contributed by atoms with Gasteiger partial charge in [0.15, 0.2) is 0 Å². The normalized spacial score (nSPS) is 11.3. The minimum absolute atomic E-state index is 0. The quantitative estimate of drug-likeness (QED) is 0.00535. The Hall–Kier alpha value is -1.79.